The van der Waals surface area contributed by atoms with Crippen LogP contribution >= 0.6 is 11.3 Å². The van der Waals surface area contributed by atoms with Crippen molar-refractivity contribution >= 4 is 35.0 Å². The normalized spacial score (nSPS) is 14.6. The molecule has 1 aliphatic heterocycles. The minimum absolute atomic E-state index is 0.111. The number of benzene rings is 2. The zero-order chi connectivity index (χ0) is 30.8. The highest BCUT2D eigenvalue weighted by atomic mass is 32.1. The first-order chi connectivity index (χ1) is 20.6. The standard InChI is InChI=1S/C30H25N3O9S/c1-5-40-29(36)26-16(2)31-30-32(27(26)18-10-12-23(41-17(3)34)24(14-18)39-4)28(35)25(43-30)15-19-11-13-22(42-19)20-8-6-7-9-21(20)33(37)38/h6-15,27H,5H2,1-4H3/b25-15-/t27-/m1/s1. The first-order valence-corrected chi connectivity index (χ1v) is 13.8. The van der Waals surface area contributed by atoms with E-state index in [2.05, 4.69) is 4.99 Å². The third-order valence-corrected chi connectivity index (χ3v) is 7.52. The van der Waals surface area contributed by atoms with Crippen LogP contribution in [0.3, 0.4) is 0 Å². The van der Waals surface area contributed by atoms with Crippen molar-refractivity contribution in [3.63, 3.8) is 0 Å². The summed E-state index contributed by atoms with van der Waals surface area (Å²) in [7, 11) is 1.41. The molecule has 0 fully saturated rings. The van der Waals surface area contributed by atoms with Crippen LogP contribution in [-0.4, -0.2) is 35.1 Å². The van der Waals surface area contributed by atoms with Crippen LogP contribution < -0.4 is 24.4 Å². The van der Waals surface area contributed by atoms with E-state index in [-0.39, 0.29) is 39.7 Å². The predicted molar refractivity (Wildman–Crippen MR) is 156 cm³/mol. The Labute approximate surface area is 247 Å². The van der Waals surface area contributed by atoms with Gasteiger partial charge in [-0.25, -0.2) is 9.79 Å². The Bertz CT molecular complexity index is 1980. The van der Waals surface area contributed by atoms with Gasteiger partial charge in [0.25, 0.3) is 11.2 Å². The van der Waals surface area contributed by atoms with Crippen molar-refractivity contribution in [3.8, 4) is 22.8 Å². The second-order valence-electron chi connectivity index (χ2n) is 9.28. The molecule has 0 N–H and O–H groups in total. The van der Waals surface area contributed by atoms with Crippen molar-refractivity contribution in [1.82, 2.24) is 4.57 Å². The molecule has 0 radical (unpaired) electrons. The van der Waals surface area contributed by atoms with E-state index in [1.165, 1.54) is 36.8 Å². The molecule has 0 spiro atoms. The fraction of sp³-hybridized carbons (Fsp3) is 0.200. The number of aromatic nitrogens is 1. The molecule has 43 heavy (non-hydrogen) atoms. The van der Waals surface area contributed by atoms with Gasteiger partial charge < -0.3 is 18.6 Å². The number of hydrogen-bond donors (Lipinski definition) is 0. The fourth-order valence-corrected chi connectivity index (χ4v) is 5.77. The van der Waals surface area contributed by atoms with Gasteiger partial charge in [-0.1, -0.05) is 29.5 Å². The summed E-state index contributed by atoms with van der Waals surface area (Å²) >= 11 is 1.09. The molecule has 220 valence electrons. The molecule has 13 heteroatoms. The van der Waals surface area contributed by atoms with E-state index < -0.39 is 28.5 Å². The summed E-state index contributed by atoms with van der Waals surface area (Å²) in [4.78, 5) is 54.5. The van der Waals surface area contributed by atoms with Crippen molar-refractivity contribution in [1.29, 1.82) is 0 Å². The maximum atomic E-state index is 13.9. The molecule has 4 aromatic rings. The molecule has 0 aliphatic carbocycles. The van der Waals surface area contributed by atoms with Gasteiger partial charge >= 0.3 is 11.9 Å². The highest BCUT2D eigenvalue weighted by Crippen LogP contribution is 2.36. The summed E-state index contributed by atoms with van der Waals surface area (Å²) in [5, 5.41) is 11.5. The lowest BCUT2D eigenvalue weighted by molar-refractivity contribution is -0.384. The molecule has 0 amide bonds. The largest absolute Gasteiger partial charge is 0.493 e. The predicted octanol–water partition coefficient (Wildman–Crippen LogP) is 3.90. The number of nitro groups is 1. The fourth-order valence-electron chi connectivity index (χ4n) is 4.75. The number of carbonyl (C=O) groups is 2. The number of ether oxygens (including phenoxy) is 3. The number of para-hydroxylation sites is 1. The number of thiazole rings is 1. The number of hydrogen-bond acceptors (Lipinski definition) is 11. The van der Waals surface area contributed by atoms with Crippen LogP contribution in [0.15, 0.2) is 80.1 Å². The van der Waals surface area contributed by atoms with Gasteiger partial charge in [-0.3, -0.25) is 24.3 Å². The third kappa shape index (κ3) is 5.62. The summed E-state index contributed by atoms with van der Waals surface area (Å²) in [5.74, 6) is -0.202. The number of allylic oxidation sites excluding steroid dienone is 1. The molecule has 0 saturated carbocycles. The molecule has 0 bridgehead atoms. The molecular weight excluding hydrogens is 578 g/mol. The number of esters is 2. The number of nitrogens with zero attached hydrogens (tertiary/aromatic N) is 3. The second kappa shape index (κ2) is 11.9. The molecule has 1 aliphatic rings. The van der Waals surface area contributed by atoms with E-state index in [1.807, 2.05) is 0 Å². The average molecular weight is 604 g/mol. The lowest BCUT2D eigenvalue weighted by Crippen LogP contribution is -2.39. The van der Waals surface area contributed by atoms with Crippen LogP contribution in [0.5, 0.6) is 11.5 Å². The van der Waals surface area contributed by atoms with Gasteiger partial charge in [0, 0.05) is 19.1 Å². The summed E-state index contributed by atoms with van der Waals surface area (Å²) in [6, 6.07) is 13.2. The molecule has 0 unspecified atom stereocenters. The van der Waals surface area contributed by atoms with Crippen molar-refractivity contribution < 1.29 is 33.1 Å². The number of furan rings is 1. The van der Waals surface area contributed by atoms with E-state index in [4.69, 9.17) is 18.6 Å². The first kappa shape index (κ1) is 29.2. The van der Waals surface area contributed by atoms with E-state index in [0.717, 1.165) is 11.3 Å². The van der Waals surface area contributed by atoms with Gasteiger partial charge in [0.05, 0.1) is 46.0 Å². The van der Waals surface area contributed by atoms with E-state index in [0.29, 0.717) is 27.4 Å². The Balaban J connectivity index is 1.65. The van der Waals surface area contributed by atoms with Crippen LogP contribution in [0, 0.1) is 10.1 Å². The van der Waals surface area contributed by atoms with Gasteiger partial charge in [-0.15, -0.1) is 0 Å². The summed E-state index contributed by atoms with van der Waals surface area (Å²) < 4.78 is 23.5. The smallest absolute Gasteiger partial charge is 0.338 e. The number of carbonyl (C=O) groups excluding carboxylic acids is 2. The third-order valence-electron chi connectivity index (χ3n) is 6.54. The molecule has 12 nitrogen and oxygen atoms in total. The Morgan fingerprint density at radius 3 is 2.63 bits per heavy atom. The second-order valence-corrected chi connectivity index (χ2v) is 10.3. The molecule has 5 rings (SSSR count). The minimum Gasteiger partial charge on any atom is -0.493 e. The van der Waals surface area contributed by atoms with Crippen LogP contribution in [-0.2, 0) is 14.3 Å². The molecule has 3 heterocycles. The van der Waals surface area contributed by atoms with Gasteiger partial charge in [0.15, 0.2) is 16.3 Å². The first-order valence-electron chi connectivity index (χ1n) is 13.0. The Morgan fingerprint density at radius 1 is 1.16 bits per heavy atom. The Hall–Kier alpha value is -5.30. The van der Waals surface area contributed by atoms with Crippen molar-refractivity contribution in [3.05, 3.63) is 107 Å². The molecular formula is C30H25N3O9S. The maximum absolute atomic E-state index is 13.9. The van der Waals surface area contributed by atoms with Crippen molar-refractivity contribution in [2.75, 3.05) is 13.7 Å². The van der Waals surface area contributed by atoms with Gasteiger partial charge in [-0.2, -0.15) is 0 Å². The van der Waals surface area contributed by atoms with Crippen molar-refractivity contribution in [2.45, 2.75) is 26.8 Å². The monoisotopic (exact) mass is 603 g/mol. The van der Waals surface area contributed by atoms with Crippen LogP contribution in [0.25, 0.3) is 17.4 Å². The molecule has 0 saturated heterocycles. The Kier molecular flexibility index (Phi) is 8.08. The molecule has 2 aromatic heterocycles. The van der Waals surface area contributed by atoms with Crippen LogP contribution in [0.2, 0.25) is 0 Å². The summed E-state index contributed by atoms with van der Waals surface area (Å²) in [6.07, 6.45) is 1.52. The van der Waals surface area contributed by atoms with E-state index in [9.17, 15) is 24.5 Å². The minimum atomic E-state index is -0.933. The average Bonchev–Trinajstić information content (AvgIpc) is 3.56. The highest BCUT2D eigenvalue weighted by Gasteiger charge is 2.34. The maximum Gasteiger partial charge on any atom is 0.338 e. The van der Waals surface area contributed by atoms with Gasteiger partial charge in [0.2, 0.25) is 0 Å². The molecule has 2 aromatic carbocycles. The SMILES string of the molecule is CCOC(=O)C1=C(C)N=c2s/c(=C\c3ccc(-c4ccccc4[N+](=O)[O-])o3)c(=O)n2[C@@H]1c1ccc(OC(C)=O)c(OC)c1. The van der Waals surface area contributed by atoms with Crippen LogP contribution in [0.4, 0.5) is 5.69 Å². The van der Waals surface area contributed by atoms with Crippen LogP contribution in [0.1, 0.15) is 38.1 Å². The van der Waals surface area contributed by atoms with Gasteiger partial charge in [-0.05, 0) is 49.7 Å². The number of rotatable bonds is 8. The van der Waals surface area contributed by atoms with E-state index in [1.54, 1.807) is 56.3 Å². The molecule has 1 atom stereocenters. The highest BCUT2D eigenvalue weighted by molar-refractivity contribution is 7.07. The summed E-state index contributed by atoms with van der Waals surface area (Å²) in [5.41, 5.74) is 0.772. The number of fused-ring (bicyclic) bond motifs is 1. The zero-order valence-electron chi connectivity index (χ0n) is 23.5. The quantitative estimate of drug-likeness (QED) is 0.126. The van der Waals surface area contributed by atoms with Crippen molar-refractivity contribution in [2.24, 2.45) is 4.99 Å². The lowest BCUT2D eigenvalue weighted by atomic mass is 9.95. The zero-order valence-corrected chi connectivity index (χ0v) is 24.3. The number of methoxy groups -OCH3 is 1. The summed E-state index contributed by atoms with van der Waals surface area (Å²) in [6.45, 7) is 4.71. The van der Waals surface area contributed by atoms with Gasteiger partial charge in [0.1, 0.15) is 11.5 Å². The lowest BCUT2D eigenvalue weighted by Gasteiger charge is -2.25. The Morgan fingerprint density at radius 2 is 1.93 bits per heavy atom. The van der Waals surface area contributed by atoms with E-state index >= 15 is 0 Å². The topological polar surface area (TPSA) is 152 Å². The number of nitro benzene ring substituents is 1.